The minimum Gasteiger partial charge on any atom is -0.481 e. The normalized spacial score (nSPS) is 11.4. The van der Waals surface area contributed by atoms with E-state index >= 15 is 0 Å². The van der Waals surface area contributed by atoms with Gasteiger partial charge in [-0.25, -0.2) is 28.0 Å². The van der Waals surface area contributed by atoms with E-state index in [2.05, 4.69) is 19.6 Å². The van der Waals surface area contributed by atoms with E-state index in [4.69, 9.17) is 29.5 Å². The molecule has 0 unspecified atom stereocenters. The highest BCUT2D eigenvalue weighted by atomic mass is 31.2. The zero-order chi connectivity index (χ0) is 25.7. The van der Waals surface area contributed by atoms with Gasteiger partial charge in [0.25, 0.3) is 5.82 Å². The maximum atomic E-state index is 13.9. The van der Waals surface area contributed by atoms with Crippen LogP contribution in [0.4, 0.5) is 10.2 Å². The second kappa shape index (κ2) is 10.8. The van der Waals surface area contributed by atoms with Crippen LogP contribution in [0.15, 0.2) is 59.5 Å². The monoisotopic (exact) mass is 518 g/mol. The van der Waals surface area contributed by atoms with Crippen LogP contribution in [0.1, 0.15) is 16.8 Å². The molecule has 36 heavy (non-hydrogen) atoms. The molecule has 4 heterocycles. The molecule has 0 saturated carbocycles. The van der Waals surface area contributed by atoms with Crippen LogP contribution in [0.3, 0.4) is 0 Å². The maximum absolute atomic E-state index is 13.9. The third kappa shape index (κ3) is 6.40. The van der Waals surface area contributed by atoms with Crippen molar-refractivity contribution in [1.29, 1.82) is 0 Å². The highest BCUT2D eigenvalue weighted by Gasteiger charge is 2.20. The molecule has 0 aromatic carbocycles. The van der Waals surface area contributed by atoms with Gasteiger partial charge in [0.15, 0.2) is 5.76 Å². The Balaban J connectivity index is 1.40. The molecule has 0 aliphatic rings. The minimum absolute atomic E-state index is 0.0403. The molecule has 0 bridgehead atoms. The van der Waals surface area contributed by atoms with Gasteiger partial charge < -0.3 is 23.8 Å². The van der Waals surface area contributed by atoms with E-state index in [9.17, 15) is 8.96 Å². The summed E-state index contributed by atoms with van der Waals surface area (Å²) in [6.45, 7) is -0.478. The van der Waals surface area contributed by atoms with Gasteiger partial charge in [-0.2, -0.15) is 0 Å². The summed E-state index contributed by atoms with van der Waals surface area (Å²) >= 11 is 0. The van der Waals surface area contributed by atoms with Crippen molar-refractivity contribution in [1.82, 2.24) is 15.1 Å². The molecule has 0 aliphatic heterocycles. The lowest BCUT2D eigenvalue weighted by Gasteiger charge is -2.08. The largest absolute Gasteiger partial charge is 0.481 e. The average Bonchev–Trinajstić information content (AvgIpc) is 3.31. The number of phosphoric ester groups is 1. The zero-order valence-corrected chi connectivity index (χ0v) is 19.8. The zero-order valence-electron chi connectivity index (χ0n) is 18.9. The number of aromatic nitrogens is 4. The van der Waals surface area contributed by atoms with Crippen molar-refractivity contribution in [2.24, 2.45) is 0 Å². The van der Waals surface area contributed by atoms with E-state index in [0.29, 0.717) is 29.3 Å². The fraction of sp³-hybridized carbons (Fsp3) is 0.182. The Morgan fingerprint density at radius 3 is 2.69 bits per heavy atom. The van der Waals surface area contributed by atoms with E-state index in [-0.39, 0.29) is 23.9 Å². The van der Waals surface area contributed by atoms with Gasteiger partial charge in [0, 0.05) is 36.4 Å². The fourth-order valence-electron chi connectivity index (χ4n) is 3.19. The van der Waals surface area contributed by atoms with Gasteiger partial charge in [0.05, 0.1) is 25.2 Å². The summed E-state index contributed by atoms with van der Waals surface area (Å²) in [7, 11) is -3.21. The Morgan fingerprint density at radius 1 is 1.17 bits per heavy atom. The van der Waals surface area contributed by atoms with Crippen LogP contribution in [-0.2, 0) is 28.8 Å². The fourth-order valence-corrected chi connectivity index (χ4v) is 3.46. The lowest BCUT2D eigenvalue weighted by Crippen LogP contribution is -2.38. The Bertz CT molecular complexity index is 1390. The van der Waals surface area contributed by atoms with Crippen LogP contribution in [-0.4, -0.2) is 32.0 Å². The lowest BCUT2D eigenvalue weighted by molar-refractivity contribution is -0.711. The molecule has 0 aliphatic carbocycles. The lowest BCUT2D eigenvalue weighted by atomic mass is 10.1. The molecule has 12 nitrogen and oxygen atoms in total. The Labute approximate surface area is 204 Å². The molecule has 0 fully saturated rings. The second-order valence-electron chi connectivity index (χ2n) is 7.50. The average molecular weight is 518 g/mol. The molecule has 0 spiro atoms. The number of pyridine rings is 3. The summed E-state index contributed by atoms with van der Waals surface area (Å²) < 4.78 is 46.6. The Hall–Kier alpha value is -3.90. The molecule has 0 radical (unpaired) electrons. The summed E-state index contributed by atoms with van der Waals surface area (Å²) in [6, 6.07) is 9.92. The summed E-state index contributed by atoms with van der Waals surface area (Å²) in [6.07, 6.45) is 4.60. The smallest absolute Gasteiger partial charge is 0.472 e. The number of ether oxygens (including phenoxy) is 2. The van der Waals surface area contributed by atoms with Crippen molar-refractivity contribution in [3.05, 3.63) is 77.6 Å². The summed E-state index contributed by atoms with van der Waals surface area (Å²) in [4.78, 5) is 25.8. The van der Waals surface area contributed by atoms with Crippen molar-refractivity contribution in [3.8, 4) is 23.1 Å². The van der Waals surface area contributed by atoms with E-state index in [1.807, 2.05) is 0 Å². The number of nitrogen functional groups attached to an aromatic ring is 1. The van der Waals surface area contributed by atoms with Crippen LogP contribution >= 0.6 is 7.82 Å². The topological polar surface area (TPSA) is 167 Å². The van der Waals surface area contributed by atoms with Crippen molar-refractivity contribution < 1.29 is 41.8 Å². The minimum atomic E-state index is -4.65. The summed E-state index contributed by atoms with van der Waals surface area (Å²) in [5.74, 6) is 0.643. The first-order valence-electron chi connectivity index (χ1n) is 10.4. The molecular formula is C22H22FN5O7P+. The first kappa shape index (κ1) is 25.2. The van der Waals surface area contributed by atoms with E-state index in [1.165, 1.54) is 23.9 Å². The quantitative estimate of drug-likeness (QED) is 0.208. The number of methoxy groups -OCH3 is 1. The standard InChI is InChI=1S/C22H21FN5O7P/c1-32-21-8-15(18(23)11-26-21)12-33-20-5-4-14(10-25-20)7-16-9-19(35-27-16)17-3-2-6-28(22(17)24)13-34-36(29,30)31/h2-6,8-11,24H,7,12-13H2,1H3,(H2,29,30,31)/p+1. The molecule has 0 saturated heterocycles. The molecule has 0 atom stereocenters. The predicted octanol–water partition coefficient (Wildman–Crippen LogP) is 2.39. The van der Waals surface area contributed by atoms with Gasteiger partial charge in [-0.1, -0.05) is 11.2 Å². The van der Waals surface area contributed by atoms with Crippen molar-refractivity contribution in [3.63, 3.8) is 0 Å². The third-order valence-electron chi connectivity index (χ3n) is 4.98. The predicted molar refractivity (Wildman–Crippen MR) is 122 cm³/mol. The highest BCUT2D eigenvalue weighted by molar-refractivity contribution is 7.46. The third-order valence-corrected chi connectivity index (χ3v) is 5.43. The SMILES string of the molecule is COc1cc(COc2ccc(Cc3cc(-c4ccc[n+](COP(=O)(O)O)c4N)on3)cn2)c(F)cn1. The molecule has 0 amide bonds. The molecule has 4 rings (SSSR count). The van der Waals surface area contributed by atoms with Gasteiger partial charge in [-0.15, -0.1) is 0 Å². The first-order valence-corrected chi connectivity index (χ1v) is 11.9. The van der Waals surface area contributed by atoms with Crippen molar-refractivity contribution in [2.75, 3.05) is 12.8 Å². The van der Waals surface area contributed by atoms with Crippen LogP contribution in [0.2, 0.25) is 0 Å². The number of rotatable bonds is 10. The summed E-state index contributed by atoms with van der Waals surface area (Å²) in [5, 5.41) is 4.05. The second-order valence-corrected chi connectivity index (χ2v) is 8.74. The van der Waals surface area contributed by atoms with Gasteiger partial charge >= 0.3 is 7.82 Å². The van der Waals surface area contributed by atoms with Crippen LogP contribution in [0, 0.1) is 5.82 Å². The number of anilines is 1. The molecule has 4 N–H and O–H groups in total. The van der Waals surface area contributed by atoms with Gasteiger partial charge in [-0.3, -0.25) is 5.73 Å². The van der Waals surface area contributed by atoms with E-state index < -0.39 is 20.4 Å². The number of hydrogen-bond acceptors (Lipinski definition) is 9. The van der Waals surface area contributed by atoms with Crippen LogP contribution in [0.5, 0.6) is 11.8 Å². The first-order chi connectivity index (χ1) is 17.2. The molecule has 14 heteroatoms. The molecular weight excluding hydrogens is 496 g/mol. The highest BCUT2D eigenvalue weighted by Crippen LogP contribution is 2.35. The molecule has 4 aromatic heterocycles. The molecule has 4 aromatic rings. The number of phosphoric acid groups is 1. The number of nitrogens with zero attached hydrogens (tertiary/aromatic N) is 4. The van der Waals surface area contributed by atoms with Gasteiger partial charge in [0.2, 0.25) is 18.5 Å². The van der Waals surface area contributed by atoms with Gasteiger partial charge in [0.1, 0.15) is 18.0 Å². The number of nitrogens with two attached hydrogens (primary N) is 1. The Morgan fingerprint density at radius 2 is 1.97 bits per heavy atom. The van der Waals surface area contributed by atoms with Crippen LogP contribution < -0.4 is 19.8 Å². The van der Waals surface area contributed by atoms with E-state index in [1.54, 1.807) is 36.5 Å². The number of halogens is 1. The van der Waals surface area contributed by atoms with Crippen LogP contribution in [0.25, 0.3) is 11.3 Å². The molecule has 188 valence electrons. The summed E-state index contributed by atoms with van der Waals surface area (Å²) in [5.41, 5.74) is 8.30. The van der Waals surface area contributed by atoms with Crippen molar-refractivity contribution >= 4 is 13.6 Å². The Kier molecular flexibility index (Phi) is 7.55. The van der Waals surface area contributed by atoms with Crippen molar-refractivity contribution in [2.45, 2.75) is 19.8 Å². The van der Waals surface area contributed by atoms with E-state index in [0.717, 1.165) is 11.8 Å². The maximum Gasteiger partial charge on any atom is 0.472 e. The van der Waals surface area contributed by atoms with Gasteiger partial charge in [-0.05, 0) is 17.7 Å². The number of hydrogen-bond donors (Lipinski definition) is 3.